The standard InChI is InChI=1S/C21H26N2O3/c1-17(24)18-7-9-21(10-8-18)26-16-20(25)15-22-11-13-23(14-12-22)19-5-3-2-4-6-19/h2-10,20,25H,11-16H2,1H3/t20-/m0/s1. The predicted molar refractivity (Wildman–Crippen MR) is 103 cm³/mol. The molecule has 0 amide bonds. The zero-order valence-corrected chi connectivity index (χ0v) is 15.2. The molecule has 1 heterocycles. The highest BCUT2D eigenvalue weighted by Crippen LogP contribution is 2.16. The summed E-state index contributed by atoms with van der Waals surface area (Å²) in [5.41, 5.74) is 1.92. The normalized spacial score (nSPS) is 16.3. The van der Waals surface area contributed by atoms with E-state index in [4.69, 9.17) is 4.74 Å². The van der Waals surface area contributed by atoms with E-state index in [2.05, 4.69) is 34.1 Å². The van der Waals surface area contributed by atoms with Crippen molar-refractivity contribution in [3.8, 4) is 5.75 Å². The molecule has 1 fully saturated rings. The molecule has 1 N–H and O–H groups in total. The molecule has 5 heteroatoms. The lowest BCUT2D eigenvalue weighted by Crippen LogP contribution is -2.49. The smallest absolute Gasteiger partial charge is 0.159 e. The molecule has 1 saturated heterocycles. The van der Waals surface area contributed by atoms with Crippen LogP contribution in [0.25, 0.3) is 0 Å². The SMILES string of the molecule is CC(=O)c1ccc(OC[C@@H](O)CN2CCN(c3ccccc3)CC2)cc1. The van der Waals surface area contributed by atoms with Crippen LogP contribution in [0, 0.1) is 0 Å². The van der Waals surface area contributed by atoms with Crippen LogP contribution < -0.4 is 9.64 Å². The maximum Gasteiger partial charge on any atom is 0.159 e. The number of anilines is 1. The first-order valence-electron chi connectivity index (χ1n) is 9.06. The van der Waals surface area contributed by atoms with Crippen LogP contribution in [0.3, 0.4) is 0 Å². The third-order valence-corrected chi connectivity index (χ3v) is 4.67. The number of hydrogen-bond acceptors (Lipinski definition) is 5. The first-order valence-corrected chi connectivity index (χ1v) is 9.06. The summed E-state index contributed by atoms with van der Waals surface area (Å²) in [6.07, 6.45) is -0.536. The average Bonchev–Trinajstić information content (AvgIpc) is 2.68. The zero-order chi connectivity index (χ0) is 18.4. The van der Waals surface area contributed by atoms with Gasteiger partial charge in [0, 0.05) is 44.0 Å². The number of nitrogens with zero attached hydrogens (tertiary/aromatic N) is 2. The molecule has 0 radical (unpaired) electrons. The van der Waals surface area contributed by atoms with E-state index >= 15 is 0 Å². The minimum Gasteiger partial charge on any atom is -0.491 e. The van der Waals surface area contributed by atoms with Gasteiger partial charge in [-0.15, -0.1) is 0 Å². The number of piperazine rings is 1. The third kappa shape index (κ3) is 5.07. The van der Waals surface area contributed by atoms with Gasteiger partial charge in [-0.25, -0.2) is 0 Å². The molecule has 5 nitrogen and oxygen atoms in total. The van der Waals surface area contributed by atoms with E-state index in [9.17, 15) is 9.90 Å². The summed E-state index contributed by atoms with van der Waals surface area (Å²) in [7, 11) is 0. The summed E-state index contributed by atoms with van der Waals surface area (Å²) in [6, 6.07) is 17.4. The van der Waals surface area contributed by atoms with Crippen molar-refractivity contribution < 1.29 is 14.6 Å². The molecule has 0 saturated carbocycles. The second kappa shape index (κ2) is 8.83. The molecule has 0 aromatic heterocycles. The van der Waals surface area contributed by atoms with Crippen molar-refractivity contribution in [3.63, 3.8) is 0 Å². The van der Waals surface area contributed by atoms with Crippen LogP contribution in [0.4, 0.5) is 5.69 Å². The lowest BCUT2D eigenvalue weighted by atomic mass is 10.1. The molecule has 0 bridgehead atoms. The Morgan fingerprint density at radius 1 is 1.04 bits per heavy atom. The van der Waals surface area contributed by atoms with Gasteiger partial charge in [0.1, 0.15) is 18.5 Å². The molecular formula is C21H26N2O3. The molecule has 1 atom stereocenters. The molecular weight excluding hydrogens is 328 g/mol. The van der Waals surface area contributed by atoms with E-state index < -0.39 is 6.10 Å². The Morgan fingerprint density at radius 2 is 1.69 bits per heavy atom. The zero-order valence-electron chi connectivity index (χ0n) is 15.2. The molecule has 0 unspecified atom stereocenters. The lowest BCUT2D eigenvalue weighted by Gasteiger charge is -2.36. The van der Waals surface area contributed by atoms with Crippen molar-refractivity contribution in [2.75, 3.05) is 44.2 Å². The fourth-order valence-corrected chi connectivity index (χ4v) is 3.16. The van der Waals surface area contributed by atoms with Gasteiger partial charge in [0.15, 0.2) is 5.78 Å². The summed E-state index contributed by atoms with van der Waals surface area (Å²) in [5, 5.41) is 10.3. The number of carbonyl (C=O) groups is 1. The van der Waals surface area contributed by atoms with Crippen molar-refractivity contribution in [3.05, 3.63) is 60.2 Å². The van der Waals surface area contributed by atoms with Crippen LogP contribution in [0.15, 0.2) is 54.6 Å². The largest absolute Gasteiger partial charge is 0.491 e. The number of para-hydroxylation sites is 1. The number of ether oxygens (including phenoxy) is 1. The predicted octanol–water partition coefficient (Wildman–Crippen LogP) is 2.45. The fraction of sp³-hybridized carbons (Fsp3) is 0.381. The van der Waals surface area contributed by atoms with Crippen molar-refractivity contribution in [1.82, 2.24) is 4.90 Å². The Morgan fingerprint density at radius 3 is 2.31 bits per heavy atom. The second-order valence-corrected chi connectivity index (χ2v) is 6.67. The van der Waals surface area contributed by atoms with E-state index in [-0.39, 0.29) is 12.4 Å². The minimum atomic E-state index is -0.536. The van der Waals surface area contributed by atoms with E-state index in [0.717, 1.165) is 26.2 Å². The van der Waals surface area contributed by atoms with Crippen LogP contribution in [0.1, 0.15) is 17.3 Å². The Kier molecular flexibility index (Phi) is 6.26. The highest BCUT2D eigenvalue weighted by atomic mass is 16.5. The Bertz CT molecular complexity index is 695. The number of rotatable bonds is 7. The van der Waals surface area contributed by atoms with Gasteiger partial charge in [-0.3, -0.25) is 9.69 Å². The molecule has 1 aliphatic rings. The van der Waals surface area contributed by atoms with Crippen LogP contribution in [-0.4, -0.2) is 61.2 Å². The minimum absolute atomic E-state index is 0.0335. The Labute approximate surface area is 154 Å². The molecule has 2 aromatic rings. The Hall–Kier alpha value is -2.37. The van der Waals surface area contributed by atoms with Crippen LogP contribution in [-0.2, 0) is 0 Å². The number of aliphatic hydroxyl groups excluding tert-OH is 1. The van der Waals surface area contributed by atoms with Crippen molar-refractivity contribution in [2.45, 2.75) is 13.0 Å². The van der Waals surface area contributed by atoms with Crippen molar-refractivity contribution >= 4 is 11.5 Å². The topological polar surface area (TPSA) is 53.0 Å². The summed E-state index contributed by atoms with van der Waals surface area (Å²) in [4.78, 5) is 15.9. The number of benzene rings is 2. The number of β-amino-alcohol motifs (C(OH)–C–C–N with tert-alkyl or cyclic N) is 1. The maximum absolute atomic E-state index is 11.3. The first kappa shape index (κ1) is 18.4. The molecule has 0 spiro atoms. The van der Waals surface area contributed by atoms with Gasteiger partial charge in [0.05, 0.1) is 0 Å². The summed E-state index contributed by atoms with van der Waals surface area (Å²) < 4.78 is 5.64. The molecule has 1 aliphatic heterocycles. The number of carbonyl (C=O) groups excluding carboxylic acids is 1. The monoisotopic (exact) mass is 354 g/mol. The molecule has 138 valence electrons. The van der Waals surface area contributed by atoms with E-state index in [1.807, 2.05) is 6.07 Å². The second-order valence-electron chi connectivity index (χ2n) is 6.67. The van der Waals surface area contributed by atoms with Gasteiger partial charge in [-0.05, 0) is 43.3 Å². The van der Waals surface area contributed by atoms with E-state index in [1.165, 1.54) is 12.6 Å². The van der Waals surface area contributed by atoms with Crippen molar-refractivity contribution in [2.24, 2.45) is 0 Å². The van der Waals surface area contributed by atoms with Gasteiger partial charge in [0.2, 0.25) is 0 Å². The van der Waals surface area contributed by atoms with Gasteiger partial charge in [0.25, 0.3) is 0 Å². The molecule has 0 aliphatic carbocycles. The number of ketones is 1. The average molecular weight is 354 g/mol. The van der Waals surface area contributed by atoms with Crippen LogP contribution in [0.5, 0.6) is 5.75 Å². The van der Waals surface area contributed by atoms with Gasteiger partial charge in [-0.1, -0.05) is 18.2 Å². The Balaban J connectivity index is 1.40. The highest BCUT2D eigenvalue weighted by Gasteiger charge is 2.19. The summed E-state index contributed by atoms with van der Waals surface area (Å²) in [6.45, 7) is 6.18. The number of Topliss-reactive ketones (excluding diaryl/α,β-unsaturated/α-hetero) is 1. The lowest BCUT2D eigenvalue weighted by molar-refractivity contribution is 0.0663. The first-order chi connectivity index (χ1) is 12.6. The van der Waals surface area contributed by atoms with Gasteiger partial charge >= 0.3 is 0 Å². The molecule has 26 heavy (non-hydrogen) atoms. The van der Waals surface area contributed by atoms with E-state index in [0.29, 0.717) is 17.9 Å². The number of aliphatic hydroxyl groups is 1. The van der Waals surface area contributed by atoms with Crippen LogP contribution in [0.2, 0.25) is 0 Å². The number of hydrogen-bond donors (Lipinski definition) is 1. The third-order valence-electron chi connectivity index (χ3n) is 4.67. The summed E-state index contributed by atoms with van der Waals surface area (Å²) >= 11 is 0. The molecule has 2 aromatic carbocycles. The van der Waals surface area contributed by atoms with Crippen LogP contribution >= 0.6 is 0 Å². The quantitative estimate of drug-likeness (QED) is 0.774. The van der Waals surface area contributed by atoms with E-state index in [1.54, 1.807) is 24.3 Å². The van der Waals surface area contributed by atoms with Gasteiger partial charge in [-0.2, -0.15) is 0 Å². The summed E-state index contributed by atoms with van der Waals surface area (Å²) in [5.74, 6) is 0.703. The maximum atomic E-state index is 11.3. The highest BCUT2D eigenvalue weighted by molar-refractivity contribution is 5.94. The van der Waals surface area contributed by atoms with Crippen molar-refractivity contribution in [1.29, 1.82) is 0 Å². The fourth-order valence-electron chi connectivity index (χ4n) is 3.16. The van der Waals surface area contributed by atoms with Gasteiger partial charge < -0.3 is 14.7 Å². The molecule has 3 rings (SSSR count).